The number of carboxylic acid groups (broad SMARTS) is 1. The van der Waals surface area contributed by atoms with Gasteiger partial charge in [0.1, 0.15) is 12.1 Å². The number of aliphatic carboxylic acids is 1. The molecule has 3 atom stereocenters. The van der Waals surface area contributed by atoms with Gasteiger partial charge in [-0.1, -0.05) is 0 Å². The largest absolute Gasteiger partial charge is 0.480 e. The number of carbonyl (C=O) groups is 2. The Morgan fingerprint density at radius 1 is 1.42 bits per heavy atom. The Bertz CT molecular complexity index is 340. The van der Waals surface area contributed by atoms with Crippen molar-refractivity contribution < 1.29 is 24.2 Å². The van der Waals surface area contributed by atoms with Crippen LogP contribution in [-0.4, -0.2) is 59.9 Å². The number of nitrogens with zero attached hydrogens (tertiary/aromatic N) is 1. The molecule has 0 aromatic heterocycles. The Morgan fingerprint density at radius 2 is 2.21 bits per heavy atom. The van der Waals surface area contributed by atoms with Crippen molar-refractivity contribution in [3.8, 4) is 0 Å². The Kier molecular flexibility index (Phi) is 4.76. The summed E-state index contributed by atoms with van der Waals surface area (Å²) in [6.45, 7) is 3.33. The lowest BCUT2D eigenvalue weighted by Crippen LogP contribution is -2.45. The first-order valence-corrected chi connectivity index (χ1v) is 6.86. The quantitative estimate of drug-likeness (QED) is 0.794. The van der Waals surface area contributed by atoms with Crippen LogP contribution >= 0.6 is 0 Å². The summed E-state index contributed by atoms with van der Waals surface area (Å²) in [6.07, 6.45) is 2.72. The number of rotatable bonds is 5. The molecular formula is C13H21NO5. The fraction of sp³-hybridized carbons (Fsp3) is 0.846. The van der Waals surface area contributed by atoms with Crippen LogP contribution in [0.5, 0.6) is 0 Å². The van der Waals surface area contributed by atoms with Gasteiger partial charge in [0.15, 0.2) is 0 Å². The second kappa shape index (κ2) is 6.34. The van der Waals surface area contributed by atoms with E-state index < -0.39 is 18.1 Å². The van der Waals surface area contributed by atoms with Gasteiger partial charge in [0.05, 0.1) is 12.7 Å². The van der Waals surface area contributed by atoms with Crippen LogP contribution in [0.2, 0.25) is 0 Å². The lowest BCUT2D eigenvalue weighted by Gasteiger charge is -2.25. The van der Waals surface area contributed by atoms with Crippen molar-refractivity contribution in [2.45, 2.75) is 50.9 Å². The lowest BCUT2D eigenvalue weighted by molar-refractivity contribution is -0.154. The average Bonchev–Trinajstić information content (AvgIpc) is 3.05. The molecule has 2 aliphatic rings. The third kappa shape index (κ3) is 3.45. The predicted octanol–water partition coefficient (Wildman–Crippen LogP) is 0.646. The molecule has 2 rings (SSSR count). The maximum atomic E-state index is 12.2. The topological polar surface area (TPSA) is 76.1 Å². The molecule has 0 aromatic carbocycles. The van der Waals surface area contributed by atoms with Crippen LogP contribution in [0.25, 0.3) is 0 Å². The van der Waals surface area contributed by atoms with Crippen molar-refractivity contribution in [2.75, 3.05) is 19.8 Å². The molecule has 6 heteroatoms. The number of likely N-dealkylation sites (tertiary alicyclic amines) is 1. The third-order valence-corrected chi connectivity index (χ3v) is 3.72. The van der Waals surface area contributed by atoms with E-state index in [9.17, 15) is 9.59 Å². The monoisotopic (exact) mass is 271 g/mol. The summed E-state index contributed by atoms with van der Waals surface area (Å²) in [6, 6.07) is -0.693. The van der Waals surface area contributed by atoms with Crippen LogP contribution < -0.4 is 0 Å². The van der Waals surface area contributed by atoms with Gasteiger partial charge in [-0.15, -0.1) is 0 Å². The predicted molar refractivity (Wildman–Crippen MR) is 66.8 cm³/mol. The minimum atomic E-state index is -0.933. The minimum Gasteiger partial charge on any atom is -0.480 e. The van der Waals surface area contributed by atoms with E-state index in [1.54, 1.807) is 6.92 Å². The van der Waals surface area contributed by atoms with Crippen LogP contribution in [0.4, 0.5) is 0 Å². The highest BCUT2D eigenvalue weighted by atomic mass is 16.5. The van der Waals surface area contributed by atoms with Gasteiger partial charge in [-0.2, -0.15) is 0 Å². The fourth-order valence-electron chi connectivity index (χ4n) is 2.62. The van der Waals surface area contributed by atoms with E-state index in [0.717, 1.165) is 25.9 Å². The molecular weight excluding hydrogens is 250 g/mol. The first kappa shape index (κ1) is 14.3. The smallest absolute Gasteiger partial charge is 0.326 e. The minimum absolute atomic E-state index is 0.0732. The Balaban J connectivity index is 1.82. The van der Waals surface area contributed by atoms with Gasteiger partial charge < -0.3 is 19.5 Å². The summed E-state index contributed by atoms with van der Waals surface area (Å²) >= 11 is 0. The number of hydrogen-bond donors (Lipinski definition) is 1. The molecule has 6 nitrogen and oxygen atoms in total. The van der Waals surface area contributed by atoms with Crippen molar-refractivity contribution in [1.82, 2.24) is 4.90 Å². The van der Waals surface area contributed by atoms with E-state index in [2.05, 4.69) is 0 Å². The number of carboxylic acids is 1. The van der Waals surface area contributed by atoms with Crippen molar-refractivity contribution in [1.29, 1.82) is 0 Å². The summed E-state index contributed by atoms with van der Waals surface area (Å²) in [5, 5.41) is 9.06. The van der Waals surface area contributed by atoms with Gasteiger partial charge in [-0.05, 0) is 32.6 Å². The number of ether oxygens (including phenoxy) is 2. The second-order valence-corrected chi connectivity index (χ2v) is 5.14. The zero-order valence-electron chi connectivity index (χ0n) is 11.2. The van der Waals surface area contributed by atoms with Gasteiger partial charge in [0, 0.05) is 13.2 Å². The van der Waals surface area contributed by atoms with E-state index in [-0.39, 0.29) is 12.0 Å². The van der Waals surface area contributed by atoms with Crippen LogP contribution in [0, 0.1) is 0 Å². The molecule has 108 valence electrons. The highest BCUT2D eigenvalue weighted by Gasteiger charge is 2.36. The normalized spacial score (nSPS) is 28.6. The lowest BCUT2D eigenvalue weighted by atomic mass is 10.2. The molecule has 2 heterocycles. The third-order valence-electron chi connectivity index (χ3n) is 3.72. The van der Waals surface area contributed by atoms with Gasteiger partial charge in [0.2, 0.25) is 0 Å². The van der Waals surface area contributed by atoms with E-state index in [1.807, 2.05) is 0 Å². The average molecular weight is 271 g/mol. The molecule has 2 unspecified atom stereocenters. The molecule has 2 saturated heterocycles. The first-order valence-electron chi connectivity index (χ1n) is 6.86. The molecule has 1 amide bonds. The van der Waals surface area contributed by atoms with E-state index >= 15 is 0 Å². The molecule has 0 aromatic rings. The first-order chi connectivity index (χ1) is 9.09. The SMILES string of the molecule is CC(OCC1CCCO1)C(=O)N1CCC[C@H]1C(=O)O. The van der Waals surface area contributed by atoms with Gasteiger partial charge in [0.25, 0.3) is 5.91 Å². The van der Waals surface area contributed by atoms with Crippen LogP contribution in [0.15, 0.2) is 0 Å². The van der Waals surface area contributed by atoms with E-state index in [4.69, 9.17) is 14.6 Å². The molecule has 0 radical (unpaired) electrons. The van der Waals surface area contributed by atoms with Gasteiger partial charge in [-0.25, -0.2) is 4.79 Å². The number of carbonyl (C=O) groups excluding carboxylic acids is 1. The summed E-state index contributed by atoms with van der Waals surface area (Å²) in [5.41, 5.74) is 0. The molecule has 1 N–H and O–H groups in total. The van der Waals surface area contributed by atoms with Crippen LogP contribution in [0.3, 0.4) is 0 Å². The fourth-order valence-corrected chi connectivity index (χ4v) is 2.62. The van der Waals surface area contributed by atoms with Crippen LogP contribution in [-0.2, 0) is 19.1 Å². The Hall–Kier alpha value is -1.14. The standard InChI is InChI=1S/C13H21NO5/c1-9(19-8-10-4-3-7-18-10)12(15)14-6-2-5-11(14)13(16)17/h9-11H,2-8H2,1H3,(H,16,17)/t9?,10?,11-/m0/s1. The second-order valence-electron chi connectivity index (χ2n) is 5.14. The molecule has 0 saturated carbocycles. The van der Waals surface area contributed by atoms with Crippen LogP contribution in [0.1, 0.15) is 32.6 Å². The van der Waals surface area contributed by atoms with Gasteiger partial charge >= 0.3 is 5.97 Å². The molecule has 0 spiro atoms. The van der Waals surface area contributed by atoms with Crippen molar-refractivity contribution in [3.63, 3.8) is 0 Å². The van der Waals surface area contributed by atoms with Crippen molar-refractivity contribution in [3.05, 3.63) is 0 Å². The maximum absolute atomic E-state index is 12.2. The highest BCUT2D eigenvalue weighted by Crippen LogP contribution is 2.20. The highest BCUT2D eigenvalue weighted by molar-refractivity contribution is 5.86. The number of amides is 1. The molecule has 0 bridgehead atoms. The summed E-state index contributed by atoms with van der Waals surface area (Å²) < 4.78 is 10.9. The zero-order chi connectivity index (χ0) is 13.8. The maximum Gasteiger partial charge on any atom is 0.326 e. The Labute approximate surface area is 112 Å². The van der Waals surface area contributed by atoms with Crippen molar-refractivity contribution >= 4 is 11.9 Å². The molecule has 2 fully saturated rings. The summed E-state index contributed by atoms with van der Waals surface area (Å²) in [5.74, 6) is -1.17. The molecule has 0 aliphatic carbocycles. The van der Waals surface area contributed by atoms with Crippen molar-refractivity contribution in [2.24, 2.45) is 0 Å². The van der Waals surface area contributed by atoms with Gasteiger partial charge in [-0.3, -0.25) is 4.79 Å². The summed E-state index contributed by atoms with van der Waals surface area (Å²) in [7, 11) is 0. The van der Waals surface area contributed by atoms with E-state index in [1.165, 1.54) is 4.90 Å². The zero-order valence-corrected chi connectivity index (χ0v) is 11.2. The van der Waals surface area contributed by atoms with E-state index in [0.29, 0.717) is 19.6 Å². The summed E-state index contributed by atoms with van der Waals surface area (Å²) in [4.78, 5) is 24.6. The number of hydrogen-bond acceptors (Lipinski definition) is 4. The Morgan fingerprint density at radius 3 is 2.84 bits per heavy atom. The molecule has 2 aliphatic heterocycles. The molecule has 19 heavy (non-hydrogen) atoms.